The van der Waals surface area contributed by atoms with Gasteiger partial charge in [0.2, 0.25) is 0 Å². The largest absolute Gasteiger partial charge is 0.493 e. The molecule has 0 saturated heterocycles. The summed E-state index contributed by atoms with van der Waals surface area (Å²) in [7, 11) is 3.81. The molecule has 0 fully saturated rings. The van der Waals surface area contributed by atoms with Gasteiger partial charge in [-0.2, -0.15) is 0 Å². The van der Waals surface area contributed by atoms with E-state index in [2.05, 4.69) is 33.5 Å². The van der Waals surface area contributed by atoms with Crippen molar-refractivity contribution >= 4 is 12.3 Å². The van der Waals surface area contributed by atoms with Crippen molar-refractivity contribution in [3.05, 3.63) is 35.4 Å². The van der Waals surface area contributed by atoms with Gasteiger partial charge in [0, 0.05) is 18.5 Å². The second kappa shape index (κ2) is 6.79. The van der Waals surface area contributed by atoms with E-state index < -0.39 is 0 Å². The molecule has 136 valence electrons. The lowest BCUT2D eigenvalue weighted by Gasteiger charge is -2.36. The van der Waals surface area contributed by atoms with Gasteiger partial charge in [-0.3, -0.25) is 4.18 Å². The Bertz CT molecular complexity index is 683. The first-order valence-electron chi connectivity index (χ1n) is 8.23. The molecule has 1 spiro atoms. The van der Waals surface area contributed by atoms with Gasteiger partial charge in [-0.05, 0) is 31.6 Å². The van der Waals surface area contributed by atoms with Crippen molar-refractivity contribution in [2.75, 3.05) is 20.7 Å². The highest BCUT2D eigenvalue weighted by molar-refractivity contribution is 7.89. The molecule has 0 bridgehead atoms. The summed E-state index contributed by atoms with van der Waals surface area (Å²) in [5.41, 5.74) is 2.37. The van der Waals surface area contributed by atoms with Gasteiger partial charge in [0.25, 0.3) is 0 Å². The zero-order chi connectivity index (χ0) is 17.4. The molecule has 3 aliphatic rings. The predicted octanol–water partition coefficient (Wildman–Crippen LogP) is 2.86. The van der Waals surface area contributed by atoms with Crippen LogP contribution in [0.4, 0.5) is 0 Å². The van der Waals surface area contributed by atoms with Crippen LogP contribution >= 0.6 is 12.3 Å². The normalized spacial score (nSPS) is 30.4. The summed E-state index contributed by atoms with van der Waals surface area (Å²) in [6.07, 6.45) is 5.68. The average Bonchev–Trinajstić information content (AvgIpc) is 2.88. The molecule has 0 amide bonds. The predicted molar refractivity (Wildman–Crippen MR) is 91.1 cm³/mol. The molecule has 2 aliphatic heterocycles. The average molecular weight is 367 g/mol. The second-order valence-electron chi connectivity index (χ2n) is 6.71. The molecule has 7 nitrogen and oxygen atoms in total. The summed E-state index contributed by atoms with van der Waals surface area (Å²) in [6, 6.07) is 4.13. The zero-order valence-electron chi connectivity index (χ0n) is 14.1. The van der Waals surface area contributed by atoms with Crippen LogP contribution < -0.4 is 9.47 Å². The molecule has 3 unspecified atom stereocenters. The molecule has 0 aromatic heterocycles. The molecule has 1 aromatic carbocycles. The van der Waals surface area contributed by atoms with E-state index in [1.165, 1.54) is 11.1 Å². The van der Waals surface area contributed by atoms with Crippen LogP contribution in [0.1, 0.15) is 24.0 Å². The molecule has 0 radical (unpaired) electrons. The Balaban J connectivity index is 1.71. The zero-order valence-corrected chi connectivity index (χ0v) is 15.0. The Morgan fingerprint density at radius 1 is 1.40 bits per heavy atom. The summed E-state index contributed by atoms with van der Waals surface area (Å²) < 4.78 is 21.7. The minimum Gasteiger partial charge on any atom is -0.493 e. The molecule has 2 heterocycles. The fourth-order valence-corrected chi connectivity index (χ4v) is 4.52. The Kier molecular flexibility index (Phi) is 4.65. The SMILES string of the molecule is COc1ccc2c3c1OC1CC(OSOOO)C=CC31CCN(C)C2. The van der Waals surface area contributed by atoms with E-state index in [0.29, 0.717) is 18.7 Å². The lowest BCUT2D eigenvalue weighted by molar-refractivity contribution is -0.434. The minimum absolute atomic E-state index is 0.0327. The van der Waals surface area contributed by atoms with Gasteiger partial charge in [-0.15, -0.1) is 4.33 Å². The molecule has 1 aromatic rings. The monoisotopic (exact) mass is 367 g/mol. The molecule has 8 heteroatoms. The van der Waals surface area contributed by atoms with Gasteiger partial charge in [0.1, 0.15) is 6.10 Å². The Morgan fingerprint density at radius 3 is 3.08 bits per heavy atom. The highest BCUT2D eigenvalue weighted by Gasteiger charge is 2.53. The number of methoxy groups -OCH3 is 1. The minimum atomic E-state index is -0.194. The van der Waals surface area contributed by atoms with Crippen molar-refractivity contribution in [1.82, 2.24) is 4.90 Å². The van der Waals surface area contributed by atoms with E-state index in [1.54, 1.807) is 7.11 Å². The van der Waals surface area contributed by atoms with E-state index in [4.69, 9.17) is 18.9 Å². The summed E-state index contributed by atoms with van der Waals surface area (Å²) in [6.45, 7) is 1.89. The van der Waals surface area contributed by atoms with Crippen molar-refractivity contribution < 1.29 is 28.3 Å². The summed E-state index contributed by atoms with van der Waals surface area (Å²) >= 11 is 0.602. The van der Waals surface area contributed by atoms with E-state index in [9.17, 15) is 0 Å². The third kappa shape index (κ3) is 2.83. The lowest BCUT2D eigenvalue weighted by atomic mass is 9.69. The highest BCUT2D eigenvalue weighted by Crippen LogP contribution is 2.55. The van der Waals surface area contributed by atoms with Gasteiger partial charge >= 0.3 is 0 Å². The van der Waals surface area contributed by atoms with E-state index in [1.807, 2.05) is 12.1 Å². The van der Waals surface area contributed by atoms with Gasteiger partial charge in [0.05, 0.1) is 18.6 Å². The third-order valence-corrected chi connectivity index (χ3v) is 5.79. The number of benzene rings is 1. The lowest BCUT2D eigenvalue weighted by Crippen LogP contribution is -2.43. The van der Waals surface area contributed by atoms with Crippen LogP contribution in [0.5, 0.6) is 11.5 Å². The Hall–Kier alpha value is -1.29. The first-order chi connectivity index (χ1) is 12.2. The number of hydrogen-bond acceptors (Lipinski definition) is 8. The quantitative estimate of drug-likeness (QED) is 0.280. The summed E-state index contributed by atoms with van der Waals surface area (Å²) in [5.74, 6) is 1.63. The van der Waals surface area contributed by atoms with E-state index >= 15 is 0 Å². The molecule has 0 saturated carbocycles. The molecule has 25 heavy (non-hydrogen) atoms. The van der Waals surface area contributed by atoms with Gasteiger partial charge in [-0.1, -0.05) is 23.3 Å². The van der Waals surface area contributed by atoms with Crippen molar-refractivity contribution in [1.29, 1.82) is 0 Å². The standard InChI is InChI=1S/C17H21NO6S/c1-18-8-7-17-6-5-12(22-25-24-23-19)9-14(17)21-16-13(20-2)4-3-11(10-18)15(16)17/h3-6,12,14,19H,7-10H2,1-2H3. The van der Waals surface area contributed by atoms with E-state index in [0.717, 1.165) is 31.0 Å². The smallest absolute Gasteiger partial charge is 0.198 e. The van der Waals surface area contributed by atoms with Crippen molar-refractivity contribution in [3.63, 3.8) is 0 Å². The van der Waals surface area contributed by atoms with Crippen molar-refractivity contribution in [2.24, 2.45) is 0 Å². The Labute approximate surface area is 150 Å². The number of rotatable bonds is 5. The number of ether oxygens (including phenoxy) is 2. The van der Waals surface area contributed by atoms with Gasteiger partial charge in [-0.25, -0.2) is 5.26 Å². The van der Waals surface area contributed by atoms with Crippen LogP contribution in [-0.2, 0) is 25.5 Å². The van der Waals surface area contributed by atoms with Crippen LogP contribution in [0.3, 0.4) is 0 Å². The fourth-order valence-electron chi connectivity index (χ4n) is 4.22. The molecule has 1 N–H and O–H groups in total. The highest BCUT2D eigenvalue weighted by atomic mass is 32.2. The summed E-state index contributed by atoms with van der Waals surface area (Å²) in [4.78, 5) is 2.34. The van der Waals surface area contributed by atoms with Crippen LogP contribution in [-0.4, -0.2) is 43.1 Å². The van der Waals surface area contributed by atoms with Crippen LogP contribution in [0.25, 0.3) is 0 Å². The van der Waals surface area contributed by atoms with E-state index in [-0.39, 0.29) is 17.6 Å². The van der Waals surface area contributed by atoms with Crippen LogP contribution in [0, 0.1) is 0 Å². The second-order valence-corrected chi connectivity index (χ2v) is 7.17. The first kappa shape index (κ1) is 17.1. The topological polar surface area (TPSA) is 69.6 Å². The Morgan fingerprint density at radius 2 is 2.28 bits per heavy atom. The van der Waals surface area contributed by atoms with Crippen LogP contribution in [0.15, 0.2) is 24.3 Å². The van der Waals surface area contributed by atoms with Crippen molar-refractivity contribution in [3.8, 4) is 11.5 Å². The summed E-state index contributed by atoms with van der Waals surface area (Å²) in [5, 5.41) is 11.8. The molecular formula is C17H21NO6S. The van der Waals surface area contributed by atoms with Gasteiger partial charge in [0.15, 0.2) is 23.8 Å². The van der Waals surface area contributed by atoms with Crippen LogP contribution in [0.2, 0.25) is 0 Å². The maximum Gasteiger partial charge on any atom is 0.198 e. The number of nitrogens with zero attached hydrogens (tertiary/aromatic N) is 1. The van der Waals surface area contributed by atoms with Crippen molar-refractivity contribution in [2.45, 2.75) is 37.0 Å². The first-order valence-corrected chi connectivity index (χ1v) is 8.90. The maximum atomic E-state index is 8.21. The molecular weight excluding hydrogens is 346 g/mol. The maximum absolute atomic E-state index is 8.21. The third-order valence-electron chi connectivity index (χ3n) is 5.35. The molecule has 3 atom stereocenters. The fraction of sp³-hybridized carbons (Fsp3) is 0.529. The number of hydrogen-bond donors (Lipinski definition) is 1. The molecule has 1 aliphatic carbocycles. The van der Waals surface area contributed by atoms with Gasteiger partial charge < -0.3 is 14.4 Å². The molecule has 4 rings (SSSR count).